The van der Waals surface area contributed by atoms with Crippen molar-refractivity contribution in [3.8, 4) is 11.5 Å². The third-order valence-corrected chi connectivity index (χ3v) is 6.08. The van der Waals surface area contributed by atoms with E-state index in [4.69, 9.17) is 4.74 Å². The van der Waals surface area contributed by atoms with Crippen LogP contribution in [0, 0.1) is 0 Å². The van der Waals surface area contributed by atoms with Gasteiger partial charge in [-0.25, -0.2) is 0 Å². The number of hydrogen-bond donors (Lipinski definition) is 3. The second-order valence-corrected chi connectivity index (χ2v) is 8.65. The number of carbonyl (C=O) groups is 2. The maximum Gasteiger partial charge on any atom is 0.253 e. The molecule has 1 heterocycles. The molecule has 184 valence electrons. The van der Waals surface area contributed by atoms with Gasteiger partial charge in [-0.05, 0) is 61.8 Å². The number of phenols is 1. The minimum Gasteiger partial charge on any atom is -0.504 e. The Morgan fingerprint density at radius 3 is 2.59 bits per heavy atom. The van der Waals surface area contributed by atoms with Gasteiger partial charge in [-0.2, -0.15) is 0 Å². The van der Waals surface area contributed by atoms with Crippen molar-refractivity contribution in [2.24, 2.45) is 0 Å². The van der Waals surface area contributed by atoms with Crippen LogP contribution < -0.4 is 15.4 Å². The molecule has 0 aliphatic carbocycles. The zero-order valence-electron chi connectivity index (χ0n) is 20.2. The van der Waals surface area contributed by atoms with Crippen LogP contribution in [-0.4, -0.2) is 80.1 Å². The normalized spacial score (nSPS) is 13.9. The fraction of sp³-hybridized carbons (Fsp3) is 0.462. The standard InChI is InChI=1S/C26H36N4O4/c1-29(15-16-30-13-4-3-5-14-30)26(33)22-8-6-7-21(18-22)25(32)28-12-11-27-19-20-9-10-23(31)24(17-20)34-2/h6-10,17-18,27,31H,3-5,11-16,19H2,1-2H3,(H,28,32). The molecule has 1 fully saturated rings. The molecule has 0 spiro atoms. The fourth-order valence-corrected chi connectivity index (χ4v) is 4.02. The van der Waals surface area contributed by atoms with Crippen molar-refractivity contribution in [1.82, 2.24) is 20.4 Å². The van der Waals surface area contributed by atoms with E-state index in [1.807, 2.05) is 13.1 Å². The van der Waals surface area contributed by atoms with Crippen molar-refractivity contribution in [3.05, 3.63) is 59.2 Å². The van der Waals surface area contributed by atoms with E-state index in [1.165, 1.54) is 26.4 Å². The number of phenolic OH excluding ortho intramolecular Hbond substituents is 1. The zero-order valence-corrected chi connectivity index (χ0v) is 20.2. The molecule has 2 amide bonds. The van der Waals surface area contributed by atoms with Crippen molar-refractivity contribution in [2.75, 3.05) is 53.4 Å². The lowest BCUT2D eigenvalue weighted by atomic mass is 10.1. The predicted octanol–water partition coefficient (Wildman–Crippen LogP) is 2.48. The minimum absolute atomic E-state index is 0.0716. The molecule has 0 bridgehead atoms. The molecule has 1 aliphatic heterocycles. The smallest absolute Gasteiger partial charge is 0.253 e. The molecular formula is C26H36N4O4. The van der Waals surface area contributed by atoms with Crippen LogP contribution in [0.15, 0.2) is 42.5 Å². The molecule has 2 aromatic rings. The van der Waals surface area contributed by atoms with E-state index in [9.17, 15) is 14.7 Å². The summed E-state index contributed by atoms with van der Waals surface area (Å²) in [5.74, 6) is 0.253. The Bertz CT molecular complexity index is 960. The van der Waals surface area contributed by atoms with Gasteiger partial charge in [-0.1, -0.05) is 18.6 Å². The number of aromatic hydroxyl groups is 1. The molecule has 0 unspecified atom stereocenters. The van der Waals surface area contributed by atoms with Crippen LogP contribution in [0.1, 0.15) is 45.5 Å². The van der Waals surface area contributed by atoms with Gasteiger partial charge < -0.3 is 30.3 Å². The highest BCUT2D eigenvalue weighted by Gasteiger charge is 2.16. The average Bonchev–Trinajstić information content (AvgIpc) is 2.88. The molecule has 0 atom stereocenters. The molecule has 1 aliphatic rings. The lowest BCUT2D eigenvalue weighted by molar-refractivity contribution is 0.0773. The first kappa shape index (κ1) is 25.5. The predicted molar refractivity (Wildman–Crippen MR) is 132 cm³/mol. The third-order valence-electron chi connectivity index (χ3n) is 6.08. The first-order valence-corrected chi connectivity index (χ1v) is 11.9. The summed E-state index contributed by atoms with van der Waals surface area (Å²) < 4.78 is 5.11. The second-order valence-electron chi connectivity index (χ2n) is 8.65. The number of rotatable bonds is 11. The van der Waals surface area contributed by atoms with Gasteiger partial charge in [-0.15, -0.1) is 0 Å². The minimum atomic E-state index is -0.210. The molecule has 8 nitrogen and oxygen atoms in total. The summed E-state index contributed by atoms with van der Waals surface area (Å²) in [6.07, 6.45) is 3.76. The molecule has 8 heteroatoms. The number of piperidine rings is 1. The number of methoxy groups -OCH3 is 1. The van der Waals surface area contributed by atoms with Gasteiger partial charge in [0, 0.05) is 50.9 Å². The highest BCUT2D eigenvalue weighted by atomic mass is 16.5. The number of carbonyl (C=O) groups excluding carboxylic acids is 2. The number of hydrogen-bond acceptors (Lipinski definition) is 6. The van der Waals surface area contributed by atoms with E-state index in [2.05, 4.69) is 15.5 Å². The van der Waals surface area contributed by atoms with Crippen LogP contribution in [0.2, 0.25) is 0 Å². The fourth-order valence-electron chi connectivity index (χ4n) is 4.02. The summed E-state index contributed by atoms with van der Waals surface area (Å²) in [6, 6.07) is 12.1. The topological polar surface area (TPSA) is 94.1 Å². The van der Waals surface area contributed by atoms with Crippen LogP contribution in [0.25, 0.3) is 0 Å². The van der Waals surface area contributed by atoms with Gasteiger partial charge in [0.25, 0.3) is 11.8 Å². The van der Waals surface area contributed by atoms with Crippen LogP contribution in [-0.2, 0) is 6.54 Å². The Kier molecular flexibility index (Phi) is 9.73. The number of benzene rings is 2. The van der Waals surface area contributed by atoms with Gasteiger partial charge >= 0.3 is 0 Å². The maximum atomic E-state index is 12.8. The Balaban J connectivity index is 1.42. The van der Waals surface area contributed by atoms with Gasteiger partial charge in [0.2, 0.25) is 0 Å². The largest absolute Gasteiger partial charge is 0.504 e. The van der Waals surface area contributed by atoms with Crippen molar-refractivity contribution in [1.29, 1.82) is 0 Å². The number of likely N-dealkylation sites (N-methyl/N-ethyl adjacent to an activating group) is 1. The van der Waals surface area contributed by atoms with E-state index < -0.39 is 0 Å². The molecule has 3 rings (SSSR count). The Hall–Kier alpha value is -3.10. The number of nitrogens with one attached hydrogen (secondary N) is 2. The Labute approximate surface area is 201 Å². The maximum absolute atomic E-state index is 12.8. The Morgan fingerprint density at radius 2 is 1.82 bits per heavy atom. The van der Waals surface area contributed by atoms with Crippen LogP contribution >= 0.6 is 0 Å². The zero-order chi connectivity index (χ0) is 24.3. The van der Waals surface area contributed by atoms with Crippen LogP contribution in [0.3, 0.4) is 0 Å². The molecule has 0 radical (unpaired) electrons. The monoisotopic (exact) mass is 468 g/mol. The summed E-state index contributed by atoms with van der Waals surface area (Å²) in [5, 5.41) is 15.8. The highest BCUT2D eigenvalue weighted by molar-refractivity contribution is 5.99. The number of ether oxygens (including phenoxy) is 1. The highest BCUT2D eigenvalue weighted by Crippen LogP contribution is 2.26. The number of nitrogens with zero attached hydrogens (tertiary/aromatic N) is 2. The van der Waals surface area contributed by atoms with E-state index in [1.54, 1.807) is 41.3 Å². The average molecular weight is 469 g/mol. The summed E-state index contributed by atoms with van der Waals surface area (Å²) in [6.45, 7) is 5.38. The van der Waals surface area contributed by atoms with E-state index in [-0.39, 0.29) is 17.6 Å². The second kappa shape index (κ2) is 13.0. The molecular weight excluding hydrogens is 432 g/mol. The van der Waals surface area contributed by atoms with Gasteiger partial charge in [-0.3, -0.25) is 9.59 Å². The molecule has 1 saturated heterocycles. The first-order valence-electron chi connectivity index (χ1n) is 11.9. The molecule has 0 saturated carbocycles. The molecule has 34 heavy (non-hydrogen) atoms. The first-order chi connectivity index (χ1) is 16.5. The molecule has 2 aromatic carbocycles. The van der Waals surface area contributed by atoms with E-state index in [0.29, 0.717) is 43.1 Å². The lowest BCUT2D eigenvalue weighted by Gasteiger charge is -2.28. The summed E-state index contributed by atoms with van der Waals surface area (Å²) in [5.41, 5.74) is 1.96. The summed E-state index contributed by atoms with van der Waals surface area (Å²) in [7, 11) is 3.33. The SMILES string of the molecule is COc1cc(CNCCNC(=O)c2cccc(C(=O)N(C)CCN3CCCCC3)c2)ccc1O. The number of likely N-dealkylation sites (tertiary alicyclic amines) is 1. The van der Waals surface area contributed by atoms with Crippen LogP contribution in [0.5, 0.6) is 11.5 Å². The van der Waals surface area contributed by atoms with Gasteiger partial charge in [0.1, 0.15) is 0 Å². The van der Waals surface area contributed by atoms with Crippen LogP contribution in [0.4, 0.5) is 0 Å². The van der Waals surface area contributed by atoms with Crippen molar-refractivity contribution < 1.29 is 19.4 Å². The van der Waals surface area contributed by atoms with Gasteiger partial charge in [0.15, 0.2) is 11.5 Å². The van der Waals surface area contributed by atoms with Crippen molar-refractivity contribution in [2.45, 2.75) is 25.8 Å². The van der Waals surface area contributed by atoms with E-state index >= 15 is 0 Å². The summed E-state index contributed by atoms with van der Waals surface area (Å²) in [4.78, 5) is 29.5. The quantitative estimate of drug-likeness (QED) is 0.439. The lowest BCUT2D eigenvalue weighted by Crippen LogP contribution is -2.38. The van der Waals surface area contributed by atoms with Crippen molar-refractivity contribution >= 4 is 11.8 Å². The van der Waals surface area contributed by atoms with Gasteiger partial charge in [0.05, 0.1) is 7.11 Å². The van der Waals surface area contributed by atoms with E-state index in [0.717, 1.165) is 25.2 Å². The summed E-state index contributed by atoms with van der Waals surface area (Å²) >= 11 is 0. The number of amides is 2. The Morgan fingerprint density at radius 1 is 1.06 bits per heavy atom. The van der Waals surface area contributed by atoms with Crippen molar-refractivity contribution in [3.63, 3.8) is 0 Å². The molecule has 3 N–H and O–H groups in total. The third kappa shape index (κ3) is 7.46. The molecule has 0 aromatic heterocycles.